The zero-order chi connectivity index (χ0) is 11.0. The lowest BCUT2D eigenvalue weighted by Gasteiger charge is -2.04. The number of halogens is 2. The van der Waals surface area contributed by atoms with E-state index in [1.807, 2.05) is 0 Å². The van der Waals surface area contributed by atoms with Gasteiger partial charge in [-0.3, -0.25) is 4.79 Å². The fraction of sp³-hybridized carbons (Fsp3) is 0. The van der Waals surface area contributed by atoms with Crippen LogP contribution in [-0.2, 0) is 0 Å². The minimum atomic E-state index is -0.428. The summed E-state index contributed by atoms with van der Waals surface area (Å²) in [5.74, 6) is -0.661. The van der Waals surface area contributed by atoms with Gasteiger partial charge in [0.2, 0.25) is 0 Å². The number of aromatic nitrogens is 1. The smallest absolute Gasteiger partial charge is 0.172 e. The fourth-order valence-corrected chi connectivity index (χ4v) is 1.85. The molecule has 0 aliphatic heterocycles. The molecular weight excluding hydrogens is 265 g/mol. The van der Waals surface area contributed by atoms with Gasteiger partial charge in [0.05, 0.1) is 0 Å². The predicted molar refractivity (Wildman–Crippen MR) is 56.5 cm³/mol. The molecule has 2 rings (SSSR count). The number of benzene rings is 1. The summed E-state index contributed by atoms with van der Waals surface area (Å²) in [6.45, 7) is 0. The topological polar surface area (TPSA) is 50.2 Å². The molecule has 0 unspecified atom stereocenters. The van der Waals surface area contributed by atoms with Gasteiger partial charge in [0.25, 0.3) is 0 Å². The van der Waals surface area contributed by atoms with Crippen molar-refractivity contribution in [3.8, 4) is 5.75 Å². The van der Waals surface area contributed by atoms with Crippen LogP contribution < -0.4 is 0 Å². The molecule has 0 amide bonds. The maximum Gasteiger partial charge on any atom is 0.172 e. The first kappa shape index (κ1) is 10.0. The van der Waals surface area contributed by atoms with E-state index in [0.29, 0.717) is 21.7 Å². The number of nitrogens with zero attached hydrogens (tertiary/aromatic N) is 1. The Balaban J connectivity index is 2.92. The molecule has 0 atom stereocenters. The maximum absolute atomic E-state index is 12.9. The summed E-state index contributed by atoms with van der Waals surface area (Å²) < 4.78 is 13.3. The van der Waals surface area contributed by atoms with E-state index in [2.05, 4.69) is 20.9 Å². The number of fused-ring (bicyclic) bond motifs is 1. The Labute approximate surface area is 92.7 Å². The number of pyridine rings is 1. The highest BCUT2D eigenvalue weighted by Gasteiger charge is 2.11. The van der Waals surface area contributed by atoms with Crippen LogP contribution in [0.2, 0.25) is 0 Å². The van der Waals surface area contributed by atoms with Gasteiger partial charge in [-0.05, 0) is 34.1 Å². The second kappa shape index (κ2) is 3.58. The van der Waals surface area contributed by atoms with Crippen molar-refractivity contribution in [1.29, 1.82) is 0 Å². The van der Waals surface area contributed by atoms with Crippen molar-refractivity contribution in [3.05, 3.63) is 34.3 Å². The van der Waals surface area contributed by atoms with Crippen molar-refractivity contribution in [2.75, 3.05) is 0 Å². The highest BCUT2D eigenvalue weighted by atomic mass is 79.9. The van der Waals surface area contributed by atoms with Gasteiger partial charge < -0.3 is 5.11 Å². The van der Waals surface area contributed by atoms with E-state index in [4.69, 9.17) is 0 Å². The predicted octanol–water partition coefficient (Wildman–Crippen LogP) is 2.65. The molecule has 2 aromatic rings. The monoisotopic (exact) mass is 269 g/mol. The second-order valence-electron chi connectivity index (χ2n) is 2.94. The highest BCUT2D eigenvalue weighted by Crippen LogP contribution is 2.31. The van der Waals surface area contributed by atoms with Crippen LogP contribution in [0.15, 0.2) is 22.8 Å². The summed E-state index contributed by atoms with van der Waals surface area (Å²) in [4.78, 5) is 14.4. The molecule has 3 nitrogen and oxygen atoms in total. The number of aldehydes is 1. The third-order valence-corrected chi connectivity index (χ3v) is 2.64. The van der Waals surface area contributed by atoms with Gasteiger partial charge in [-0.15, -0.1) is 0 Å². The fourth-order valence-electron chi connectivity index (χ4n) is 1.33. The minimum Gasteiger partial charge on any atom is -0.505 e. The normalized spacial score (nSPS) is 10.5. The quantitative estimate of drug-likeness (QED) is 0.640. The number of hydrogen-bond donors (Lipinski definition) is 1. The van der Waals surface area contributed by atoms with Crippen molar-refractivity contribution in [2.45, 2.75) is 0 Å². The van der Waals surface area contributed by atoms with Crippen LogP contribution in [0.3, 0.4) is 0 Å². The number of aromatic hydroxyl groups is 1. The van der Waals surface area contributed by atoms with Gasteiger partial charge in [0, 0.05) is 10.8 Å². The first-order valence-corrected chi connectivity index (χ1v) is 4.85. The van der Waals surface area contributed by atoms with Crippen LogP contribution >= 0.6 is 15.9 Å². The van der Waals surface area contributed by atoms with Crippen LogP contribution in [0, 0.1) is 5.82 Å². The van der Waals surface area contributed by atoms with Crippen LogP contribution in [0.4, 0.5) is 4.39 Å². The Morgan fingerprint density at radius 2 is 2.13 bits per heavy atom. The average Bonchev–Trinajstić information content (AvgIpc) is 2.23. The molecule has 76 valence electrons. The van der Waals surface area contributed by atoms with Crippen molar-refractivity contribution in [2.24, 2.45) is 0 Å². The van der Waals surface area contributed by atoms with E-state index in [1.54, 1.807) is 0 Å². The molecule has 0 fully saturated rings. The summed E-state index contributed by atoms with van der Waals surface area (Å²) in [5.41, 5.74) is -0.0685. The van der Waals surface area contributed by atoms with E-state index < -0.39 is 5.82 Å². The van der Waals surface area contributed by atoms with Crippen molar-refractivity contribution in [3.63, 3.8) is 0 Å². The van der Waals surface area contributed by atoms with Gasteiger partial charge in [0.15, 0.2) is 12.0 Å². The molecule has 0 aliphatic carbocycles. The number of rotatable bonds is 1. The number of carbonyl (C=O) groups is 1. The molecule has 0 bridgehead atoms. The third-order valence-electron chi connectivity index (χ3n) is 2.03. The Morgan fingerprint density at radius 3 is 2.80 bits per heavy atom. The second-order valence-corrected chi connectivity index (χ2v) is 3.70. The van der Waals surface area contributed by atoms with Crippen molar-refractivity contribution < 1.29 is 14.3 Å². The van der Waals surface area contributed by atoms with Gasteiger partial charge >= 0.3 is 0 Å². The van der Waals surface area contributed by atoms with Crippen molar-refractivity contribution >= 4 is 33.0 Å². The molecule has 1 heterocycles. The summed E-state index contributed by atoms with van der Waals surface area (Å²) in [6, 6.07) is 3.85. The summed E-state index contributed by atoms with van der Waals surface area (Å²) in [5, 5.41) is 10.4. The Hall–Kier alpha value is -1.49. The zero-order valence-electron chi connectivity index (χ0n) is 7.37. The molecule has 1 aromatic carbocycles. The van der Waals surface area contributed by atoms with Crippen LogP contribution in [0.5, 0.6) is 5.75 Å². The van der Waals surface area contributed by atoms with Gasteiger partial charge in [-0.2, -0.15) is 0 Å². The molecule has 15 heavy (non-hydrogen) atoms. The SMILES string of the molecule is O=Cc1nc(Br)c2cc(F)ccc2c1O. The van der Waals surface area contributed by atoms with Crippen LogP contribution in [-0.4, -0.2) is 16.4 Å². The average molecular weight is 270 g/mol. The molecule has 5 heteroatoms. The van der Waals surface area contributed by atoms with E-state index in [1.165, 1.54) is 18.2 Å². The molecule has 0 radical (unpaired) electrons. The Kier molecular flexibility index (Phi) is 2.40. The molecule has 0 saturated carbocycles. The number of carbonyl (C=O) groups excluding carboxylic acids is 1. The summed E-state index contributed by atoms with van der Waals surface area (Å²) >= 11 is 3.11. The number of hydrogen-bond acceptors (Lipinski definition) is 3. The van der Waals surface area contributed by atoms with E-state index >= 15 is 0 Å². The lowest BCUT2D eigenvalue weighted by atomic mass is 10.1. The van der Waals surface area contributed by atoms with Gasteiger partial charge in [-0.25, -0.2) is 9.37 Å². The first-order chi connectivity index (χ1) is 7.13. The molecule has 1 N–H and O–H groups in total. The highest BCUT2D eigenvalue weighted by molar-refractivity contribution is 9.10. The molecular formula is C10H5BrFNO2. The zero-order valence-corrected chi connectivity index (χ0v) is 8.95. The maximum atomic E-state index is 12.9. The minimum absolute atomic E-state index is 0.0685. The van der Waals surface area contributed by atoms with E-state index in [-0.39, 0.29) is 11.4 Å². The first-order valence-electron chi connectivity index (χ1n) is 4.06. The molecule has 0 spiro atoms. The van der Waals surface area contributed by atoms with Gasteiger partial charge in [0.1, 0.15) is 16.1 Å². The lowest BCUT2D eigenvalue weighted by Crippen LogP contribution is -1.91. The van der Waals surface area contributed by atoms with Crippen molar-refractivity contribution in [1.82, 2.24) is 4.98 Å². The molecule has 0 aliphatic rings. The Bertz CT molecular complexity index is 557. The van der Waals surface area contributed by atoms with E-state index in [0.717, 1.165) is 0 Å². The molecule has 0 saturated heterocycles. The summed E-state index contributed by atoms with van der Waals surface area (Å²) in [6.07, 6.45) is 0.447. The molecule has 1 aromatic heterocycles. The van der Waals surface area contributed by atoms with Crippen LogP contribution in [0.25, 0.3) is 10.8 Å². The largest absolute Gasteiger partial charge is 0.505 e. The Morgan fingerprint density at radius 1 is 1.40 bits per heavy atom. The van der Waals surface area contributed by atoms with Gasteiger partial charge in [-0.1, -0.05) is 0 Å². The standard InChI is InChI=1S/C10H5BrFNO2/c11-10-7-3-5(12)1-2-6(7)9(15)8(4-14)13-10/h1-4,15H. The van der Waals surface area contributed by atoms with E-state index in [9.17, 15) is 14.3 Å². The summed E-state index contributed by atoms with van der Waals surface area (Å²) in [7, 11) is 0. The third kappa shape index (κ3) is 1.59. The van der Waals surface area contributed by atoms with Crippen LogP contribution in [0.1, 0.15) is 10.5 Å². The lowest BCUT2D eigenvalue weighted by molar-refractivity contribution is 0.111.